The van der Waals surface area contributed by atoms with Crippen molar-refractivity contribution >= 4 is 5.91 Å². The number of rotatable bonds is 6. The molecule has 0 atom stereocenters. The van der Waals surface area contributed by atoms with Crippen LogP contribution in [-0.4, -0.2) is 35.8 Å². The van der Waals surface area contributed by atoms with Gasteiger partial charge in [-0.2, -0.15) is 0 Å². The van der Waals surface area contributed by atoms with Gasteiger partial charge in [-0.1, -0.05) is 13.8 Å². The van der Waals surface area contributed by atoms with E-state index in [1.807, 2.05) is 0 Å². The summed E-state index contributed by atoms with van der Waals surface area (Å²) in [4.78, 5) is 15.3. The highest BCUT2D eigenvalue weighted by Gasteiger charge is 2.05. The quantitative estimate of drug-likeness (QED) is 0.730. The third-order valence-electron chi connectivity index (χ3n) is 1.97. The lowest BCUT2D eigenvalue weighted by atomic mass is 10.2. The summed E-state index contributed by atoms with van der Waals surface area (Å²) >= 11 is 0. The van der Waals surface area contributed by atoms with E-state index in [4.69, 9.17) is 9.84 Å². The molecule has 1 amide bonds. The second kappa shape index (κ2) is 6.85. The van der Waals surface area contributed by atoms with E-state index >= 15 is 0 Å². The van der Waals surface area contributed by atoms with Crippen LogP contribution in [0.3, 0.4) is 0 Å². The fraction of sp³-hybridized carbons (Fsp3) is 0.500. The average molecular weight is 238 g/mol. The summed E-state index contributed by atoms with van der Waals surface area (Å²) < 4.78 is 5.33. The summed E-state index contributed by atoms with van der Waals surface area (Å²) in [5.41, 5.74) is 0.342. The average Bonchev–Trinajstić information content (AvgIpc) is 2.28. The fourth-order valence-electron chi connectivity index (χ4n) is 1.21. The van der Waals surface area contributed by atoms with Gasteiger partial charge in [0.15, 0.2) is 0 Å². The van der Waals surface area contributed by atoms with Gasteiger partial charge in [0.2, 0.25) is 0 Å². The number of amides is 1. The normalized spacial score (nSPS) is 10.5. The first-order chi connectivity index (χ1) is 8.09. The van der Waals surface area contributed by atoms with Gasteiger partial charge in [0.1, 0.15) is 5.75 Å². The molecule has 0 radical (unpaired) electrons. The molecule has 0 aliphatic carbocycles. The zero-order valence-corrected chi connectivity index (χ0v) is 10.1. The topological polar surface area (TPSA) is 71.5 Å². The first-order valence-corrected chi connectivity index (χ1v) is 5.59. The maximum absolute atomic E-state index is 11.6. The van der Waals surface area contributed by atoms with E-state index in [0.717, 1.165) is 0 Å². The Morgan fingerprint density at radius 1 is 1.53 bits per heavy atom. The minimum atomic E-state index is -0.262. The summed E-state index contributed by atoms with van der Waals surface area (Å²) in [6.45, 7) is 5.74. The van der Waals surface area contributed by atoms with E-state index in [2.05, 4.69) is 24.1 Å². The van der Waals surface area contributed by atoms with Crippen molar-refractivity contribution in [2.45, 2.75) is 13.8 Å². The van der Waals surface area contributed by atoms with Crippen LogP contribution in [0.5, 0.6) is 5.75 Å². The smallest absolute Gasteiger partial charge is 0.253 e. The molecule has 0 bridgehead atoms. The van der Waals surface area contributed by atoms with Crippen LogP contribution in [0.25, 0.3) is 0 Å². The molecule has 1 aromatic rings. The van der Waals surface area contributed by atoms with Crippen LogP contribution in [0.1, 0.15) is 24.2 Å². The van der Waals surface area contributed by atoms with Gasteiger partial charge in [-0.15, -0.1) is 0 Å². The summed E-state index contributed by atoms with van der Waals surface area (Å²) in [7, 11) is 0. The van der Waals surface area contributed by atoms with Crippen molar-refractivity contribution in [3.8, 4) is 5.75 Å². The van der Waals surface area contributed by atoms with Gasteiger partial charge in [0, 0.05) is 19.3 Å². The number of hydrogen-bond acceptors (Lipinski definition) is 4. The summed E-state index contributed by atoms with van der Waals surface area (Å²) in [5, 5.41) is 11.9. The van der Waals surface area contributed by atoms with E-state index in [1.54, 1.807) is 0 Å². The third kappa shape index (κ3) is 5.31. The Balaban J connectivity index is 2.26. The monoisotopic (exact) mass is 238 g/mol. The number of aromatic nitrogens is 1. The van der Waals surface area contributed by atoms with E-state index < -0.39 is 0 Å². The highest BCUT2D eigenvalue weighted by molar-refractivity contribution is 5.94. The number of nitrogens with one attached hydrogen (secondary N) is 1. The predicted molar refractivity (Wildman–Crippen MR) is 63.9 cm³/mol. The van der Waals surface area contributed by atoms with Gasteiger partial charge in [-0.3, -0.25) is 9.78 Å². The molecule has 5 heteroatoms. The first-order valence-electron chi connectivity index (χ1n) is 5.59. The molecule has 0 fully saturated rings. The van der Waals surface area contributed by atoms with Crippen molar-refractivity contribution in [1.82, 2.24) is 10.3 Å². The Hall–Kier alpha value is -1.62. The van der Waals surface area contributed by atoms with E-state index in [1.165, 1.54) is 18.5 Å². The van der Waals surface area contributed by atoms with Crippen LogP contribution >= 0.6 is 0 Å². The Morgan fingerprint density at radius 3 is 2.94 bits per heavy atom. The number of ether oxygens (including phenoxy) is 1. The molecule has 0 aromatic carbocycles. The number of carbonyl (C=O) groups is 1. The summed E-state index contributed by atoms with van der Waals surface area (Å²) in [6.07, 6.45) is 2.69. The molecule has 94 valence electrons. The van der Waals surface area contributed by atoms with Crippen molar-refractivity contribution < 1.29 is 14.6 Å². The van der Waals surface area contributed by atoms with Gasteiger partial charge in [0.05, 0.1) is 18.4 Å². The van der Waals surface area contributed by atoms with Crippen LogP contribution in [0.15, 0.2) is 18.5 Å². The van der Waals surface area contributed by atoms with Crippen molar-refractivity contribution in [2.75, 3.05) is 19.8 Å². The van der Waals surface area contributed by atoms with E-state index in [0.29, 0.717) is 31.2 Å². The Morgan fingerprint density at radius 2 is 2.29 bits per heavy atom. The molecule has 0 aliphatic heterocycles. The minimum Gasteiger partial charge on any atom is -0.506 e. The number of pyridine rings is 1. The van der Waals surface area contributed by atoms with Crippen LogP contribution < -0.4 is 5.32 Å². The second-order valence-corrected chi connectivity index (χ2v) is 4.16. The van der Waals surface area contributed by atoms with Crippen LogP contribution in [0, 0.1) is 5.92 Å². The van der Waals surface area contributed by atoms with E-state index in [-0.39, 0.29) is 11.7 Å². The van der Waals surface area contributed by atoms with Crippen LogP contribution in [-0.2, 0) is 4.74 Å². The molecule has 0 spiro atoms. The Bertz CT molecular complexity index is 367. The lowest BCUT2D eigenvalue weighted by Crippen LogP contribution is -2.27. The second-order valence-electron chi connectivity index (χ2n) is 4.16. The van der Waals surface area contributed by atoms with Gasteiger partial charge < -0.3 is 15.2 Å². The maximum atomic E-state index is 11.6. The third-order valence-corrected chi connectivity index (χ3v) is 1.97. The number of nitrogens with zero attached hydrogens (tertiary/aromatic N) is 1. The molecule has 0 aliphatic rings. The molecule has 1 heterocycles. The number of hydrogen-bond donors (Lipinski definition) is 2. The van der Waals surface area contributed by atoms with Gasteiger partial charge >= 0.3 is 0 Å². The molecule has 1 aromatic heterocycles. The van der Waals surface area contributed by atoms with Crippen molar-refractivity contribution in [3.05, 3.63) is 24.0 Å². The number of aromatic hydroxyl groups is 1. The van der Waals surface area contributed by atoms with Gasteiger partial charge in [0.25, 0.3) is 5.91 Å². The minimum absolute atomic E-state index is 0.0197. The van der Waals surface area contributed by atoms with Crippen LogP contribution in [0.2, 0.25) is 0 Å². The zero-order chi connectivity index (χ0) is 12.7. The highest BCUT2D eigenvalue weighted by atomic mass is 16.5. The SMILES string of the molecule is CC(C)COCCNC(=O)c1cncc(O)c1. The molecule has 5 nitrogen and oxygen atoms in total. The lowest BCUT2D eigenvalue weighted by molar-refractivity contribution is 0.0885. The van der Waals surface area contributed by atoms with Crippen LogP contribution in [0.4, 0.5) is 0 Å². The van der Waals surface area contributed by atoms with Crippen molar-refractivity contribution in [2.24, 2.45) is 5.92 Å². The standard InChI is InChI=1S/C12H18N2O3/c1-9(2)8-17-4-3-14-12(16)10-5-11(15)7-13-6-10/h5-7,9,15H,3-4,8H2,1-2H3,(H,14,16). The molecule has 0 saturated carbocycles. The fourth-order valence-corrected chi connectivity index (χ4v) is 1.21. The zero-order valence-electron chi connectivity index (χ0n) is 10.1. The predicted octanol–water partition coefficient (Wildman–Crippen LogP) is 1.19. The van der Waals surface area contributed by atoms with Crippen molar-refractivity contribution in [3.63, 3.8) is 0 Å². The van der Waals surface area contributed by atoms with Crippen molar-refractivity contribution in [1.29, 1.82) is 0 Å². The Kier molecular flexibility index (Phi) is 5.42. The van der Waals surface area contributed by atoms with Gasteiger partial charge in [-0.05, 0) is 12.0 Å². The molecule has 1 rings (SSSR count). The molecule has 0 saturated heterocycles. The molecule has 17 heavy (non-hydrogen) atoms. The largest absolute Gasteiger partial charge is 0.506 e. The molecular formula is C12H18N2O3. The van der Waals surface area contributed by atoms with E-state index in [9.17, 15) is 4.79 Å². The first kappa shape index (κ1) is 13.4. The van der Waals surface area contributed by atoms with Gasteiger partial charge in [-0.25, -0.2) is 0 Å². The maximum Gasteiger partial charge on any atom is 0.253 e. The highest BCUT2D eigenvalue weighted by Crippen LogP contribution is 2.07. The molecular weight excluding hydrogens is 220 g/mol. The lowest BCUT2D eigenvalue weighted by Gasteiger charge is -2.08. The Labute approximate surface area is 101 Å². The number of carbonyl (C=O) groups excluding carboxylic acids is 1. The molecule has 0 unspecified atom stereocenters. The summed E-state index contributed by atoms with van der Waals surface area (Å²) in [5.74, 6) is 0.205. The molecule has 2 N–H and O–H groups in total. The summed E-state index contributed by atoms with van der Waals surface area (Å²) in [6, 6.07) is 1.37.